The van der Waals surface area contributed by atoms with Crippen molar-refractivity contribution in [3.63, 3.8) is 0 Å². The highest BCUT2D eigenvalue weighted by Gasteiger charge is 2.17. The first-order chi connectivity index (χ1) is 31.2. The van der Waals surface area contributed by atoms with Crippen molar-refractivity contribution in [2.24, 2.45) is 5.41 Å². The fraction of sp³-hybridized carbons (Fsp3) is 0.581. The predicted octanol–water partition coefficient (Wildman–Crippen LogP) is 21.9. The van der Waals surface area contributed by atoms with Crippen LogP contribution in [-0.4, -0.2) is 0 Å². The van der Waals surface area contributed by atoms with Gasteiger partial charge in [-0.2, -0.15) is 0 Å². The van der Waals surface area contributed by atoms with Crippen molar-refractivity contribution in [2.45, 2.75) is 248 Å². The van der Waals surface area contributed by atoms with Gasteiger partial charge in [-0.3, -0.25) is 0 Å². The van der Waals surface area contributed by atoms with Crippen LogP contribution in [0, 0.1) is 5.41 Å². The lowest BCUT2D eigenvalue weighted by atomic mass is 9.82. The molecule has 4 aromatic carbocycles. The summed E-state index contributed by atoms with van der Waals surface area (Å²) in [6.07, 6.45) is 37.0. The first-order valence-corrected chi connectivity index (χ1v) is 28.2. The summed E-state index contributed by atoms with van der Waals surface area (Å²) in [5, 5.41) is 0. The maximum Gasteiger partial charge on any atom is 0.0157 e. The molecular weight excluding hydrogens is 809 g/mol. The zero-order valence-electron chi connectivity index (χ0n) is 42.9. The van der Waals surface area contributed by atoms with Crippen molar-refractivity contribution in [3.05, 3.63) is 131 Å². The van der Waals surface area contributed by atoms with Crippen LogP contribution in [0.15, 0.2) is 129 Å². The molecule has 0 spiro atoms. The average molecular weight is 906 g/mol. The number of allylic oxidation sites excluding steroid dienone is 1. The summed E-state index contributed by atoms with van der Waals surface area (Å²) in [5.74, 6) is 0. The van der Waals surface area contributed by atoms with Gasteiger partial charge in [-0.05, 0) is 103 Å². The lowest BCUT2D eigenvalue weighted by Gasteiger charge is -2.24. The highest BCUT2D eigenvalue weighted by Crippen LogP contribution is 2.40. The van der Waals surface area contributed by atoms with E-state index in [1.807, 2.05) is 23.5 Å². The minimum Gasteiger partial charge on any atom is -0.0999 e. The Labute approximate surface area is 406 Å². The molecular formula is C62H96S2. The predicted molar refractivity (Wildman–Crippen MR) is 292 cm³/mol. The SMILES string of the molecule is C=C(CCCCCC)CCCCCCCC.CCC.CCCCCCCCC(C)(C)CCCCCC.c1ccc2c(c1)Cc1ccccc1S2.c1ccc2c(c1)Cc1ccccc1S2. The van der Waals surface area contributed by atoms with Crippen LogP contribution < -0.4 is 0 Å². The normalized spacial score (nSPS) is 11.9. The highest BCUT2D eigenvalue weighted by molar-refractivity contribution is 7.99. The Bertz CT molecular complexity index is 1470. The molecule has 0 fully saturated rings. The second-order valence-corrected chi connectivity index (χ2v) is 21.4. The smallest absolute Gasteiger partial charge is 0.0157 e. The maximum absolute atomic E-state index is 4.19. The molecule has 0 saturated carbocycles. The summed E-state index contributed by atoms with van der Waals surface area (Å²) in [6, 6.07) is 34.6. The lowest BCUT2D eigenvalue weighted by Crippen LogP contribution is -2.10. The molecule has 2 aliphatic rings. The van der Waals surface area contributed by atoms with E-state index in [0.717, 1.165) is 12.8 Å². The van der Waals surface area contributed by atoms with Crippen molar-refractivity contribution >= 4 is 23.5 Å². The first kappa shape index (κ1) is 57.4. The molecule has 4 aromatic rings. The molecule has 0 amide bonds. The first-order valence-electron chi connectivity index (χ1n) is 26.6. The van der Waals surface area contributed by atoms with Crippen LogP contribution in [0.25, 0.3) is 0 Å². The van der Waals surface area contributed by atoms with E-state index in [1.54, 1.807) is 0 Å². The van der Waals surface area contributed by atoms with Crippen LogP contribution in [0.1, 0.15) is 238 Å². The van der Waals surface area contributed by atoms with Gasteiger partial charge < -0.3 is 0 Å². The summed E-state index contributed by atoms with van der Waals surface area (Å²) in [7, 11) is 0. The zero-order chi connectivity index (χ0) is 46.5. The minimum atomic E-state index is 0.596. The quantitative estimate of drug-likeness (QED) is 0.0438. The zero-order valence-corrected chi connectivity index (χ0v) is 44.5. The molecule has 2 aliphatic heterocycles. The standard InChI is InChI=1S/C17H36.C16H32.2C13H10S.C3H8/c1-5-7-9-11-12-14-16-17(3,4)15-13-10-8-6-2;1-4-6-8-10-11-13-15-16(3)14-12-9-7-5-2;2*1-3-7-12-10(5-1)9-11-6-2-4-8-13(11)14-12;1-3-2/h5-16H2,1-4H3;3-15H2,1-2H3;2*1-8H,9H2;3H2,1-2H3. The summed E-state index contributed by atoms with van der Waals surface area (Å²) < 4.78 is 0. The number of hydrogen-bond donors (Lipinski definition) is 0. The van der Waals surface area contributed by atoms with Gasteiger partial charge in [0.25, 0.3) is 0 Å². The summed E-state index contributed by atoms with van der Waals surface area (Å²) in [6.45, 7) is 22.5. The second-order valence-electron chi connectivity index (χ2n) is 19.3. The van der Waals surface area contributed by atoms with Crippen molar-refractivity contribution in [3.8, 4) is 0 Å². The summed E-state index contributed by atoms with van der Waals surface area (Å²) in [5.41, 5.74) is 7.91. The number of unbranched alkanes of at least 4 members (excludes halogenated alkanes) is 16. The van der Waals surface area contributed by atoms with E-state index >= 15 is 0 Å². The number of rotatable bonds is 24. The van der Waals surface area contributed by atoms with Crippen LogP contribution >= 0.6 is 23.5 Å². The van der Waals surface area contributed by atoms with Crippen LogP contribution in [0.5, 0.6) is 0 Å². The Morgan fingerprint density at radius 2 is 0.641 bits per heavy atom. The van der Waals surface area contributed by atoms with Gasteiger partial charge in [0.1, 0.15) is 0 Å². The highest BCUT2D eigenvalue weighted by atomic mass is 32.2. The number of hydrogen-bond acceptors (Lipinski definition) is 2. The molecule has 356 valence electrons. The van der Waals surface area contributed by atoms with Crippen molar-refractivity contribution in [1.82, 2.24) is 0 Å². The van der Waals surface area contributed by atoms with E-state index < -0.39 is 0 Å². The van der Waals surface area contributed by atoms with Gasteiger partial charge in [0, 0.05) is 19.6 Å². The Morgan fingerprint density at radius 1 is 0.391 bits per heavy atom. The Morgan fingerprint density at radius 3 is 0.969 bits per heavy atom. The molecule has 0 aliphatic carbocycles. The van der Waals surface area contributed by atoms with Gasteiger partial charge in [-0.1, -0.05) is 286 Å². The van der Waals surface area contributed by atoms with Crippen LogP contribution in [0.4, 0.5) is 0 Å². The van der Waals surface area contributed by atoms with E-state index in [1.165, 1.54) is 208 Å². The van der Waals surface area contributed by atoms with Crippen molar-refractivity contribution < 1.29 is 0 Å². The summed E-state index contributed by atoms with van der Waals surface area (Å²) in [4.78, 5) is 5.63. The van der Waals surface area contributed by atoms with Gasteiger partial charge >= 0.3 is 0 Å². The van der Waals surface area contributed by atoms with E-state index in [2.05, 4.69) is 159 Å². The molecule has 0 saturated heterocycles. The molecule has 0 bridgehead atoms. The third-order valence-corrected chi connectivity index (χ3v) is 14.7. The summed E-state index contributed by atoms with van der Waals surface area (Å²) >= 11 is 3.76. The topological polar surface area (TPSA) is 0 Å². The van der Waals surface area contributed by atoms with Crippen molar-refractivity contribution in [1.29, 1.82) is 0 Å². The number of benzene rings is 4. The molecule has 2 heterocycles. The molecule has 0 aromatic heterocycles. The molecule has 0 N–H and O–H groups in total. The average Bonchev–Trinajstić information content (AvgIpc) is 3.31. The lowest BCUT2D eigenvalue weighted by molar-refractivity contribution is 0.282. The largest absolute Gasteiger partial charge is 0.0999 e. The molecule has 0 radical (unpaired) electrons. The molecule has 2 heteroatoms. The van der Waals surface area contributed by atoms with Crippen LogP contribution in [0.2, 0.25) is 0 Å². The molecule has 0 unspecified atom stereocenters. The maximum atomic E-state index is 4.19. The van der Waals surface area contributed by atoms with Gasteiger partial charge in [0.2, 0.25) is 0 Å². The fourth-order valence-electron chi connectivity index (χ4n) is 8.27. The van der Waals surface area contributed by atoms with Crippen LogP contribution in [0.3, 0.4) is 0 Å². The van der Waals surface area contributed by atoms with E-state index in [4.69, 9.17) is 0 Å². The van der Waals surface area contributed by atoms with E-state index in [-0.39, 0.29) is 0 Å². The van der Waals surface area contributed by atoms with E-state index in [9.17, 15) is 0 Å². The second kappa shape index (κ2) is 37.4. The van der Waals surface area contributed by atoms with Gasteiger partial charge in [0.05, 0.1) is 0 Å². The fourth-order valence-corrected chi connectivity index (χ4v) is 10.4. The third kappa shape index (κ3) is 26.5. The van der Waals surface area contributed by atoms with Gasteiger partial charge in [-0.25, -0.2) is 0 Å². The van der Waals surface area contributed by atoms with Crippen molar-refractivity contribution in [2.75, 3.05) is 0 Å². The Kier molecular flexibility index (Phi) is 33.6. The molecule has 6 rings (SSSR count). The molecule has 64 heavy (non-hydrogen) atoms. The van der Waals surface area contributed by atoms with Gasteiger partial charge in [0.15, 0.2) is 0 Å². The molecule has 0 nitrogen and oxygen atoms in total. The minimum absolute atomic E-state index is 0.596. The van der Waals surface area contributed by atoms with Crippen LogP contribution in [-0.2, 0) is 12.8 Å². The Hall–Kier alpha value is -2.68. The Balaban J connectivity index is 0.000000287. The molecule has 0 atom stereocenters. The third-order valence-electron chi connectivity index (χ3n) is 12.3. The van der Waals surface area contributed by atoms with Gasteiger partial charge in [-0.15, -0.1) is 0 Å². The monoisotopic (exact) mass is 905 g/mol. The number of fused-ring (bicyclic) bond motifs is 4. The van der Waals surface area contributed by atoms with E-state index in [0.29, 0.717) is 5.41 Å².